The fourth-order valence-corrected chi connectivity index (χ4v) is 3.77. The molecule has 32 heavy (non-hydrogen) atoms. The zero-order chi connectivity index (χ0) is 22.9. The molecule has 0 saturated carbocycles. The molecular weight excluding hydrogens is 449 g/mol. The fourth-order valence-electron chi connectivity index (χ4n) is 3.26. The summed E-state index contributed by atoms with van der Waals surface area (Å²) >= 11 is 12.4. The second-order valence-corrected chi connectivity index (χ2v) is 7.90. The van der Waals surface area contributed by atoms with Gasteiger partial charge >= 0.3 is 0 Å². The Bertz CT molecular complexity index is 1020. The third-order valence-electron chi connectivity index (χ3n) is 5.03. The second-order valence-electron chi connectivity index (χ2n) is 7.09. The Balaban J connectivity index is 1.54. The van der Waals surface area contributed by atoms with Crippen LogP contribution in [0.2, 0.25) is 10.0 Å². The molecule has 0 aromatic heterocycles. The van der Waals surface area contributed by atoms with Crippen LogP contribution in [0.3, 0.4) is 0 Å². The molecular formula is C25H27Cl2NO4. The quantitative estimate of drug-likeness (QED) is 0.348. The van der Waals surface area contributed by atoms with Gasteiger partial charge in [-0.3, -0.25) is 0 Å². The van der Waals surface area contributed by atoms with E-state index in [-0.39, 0.29) is 6.61 Å². The SMILES string of the molecule is COc1ccc(CCNCc2ccc(OCc3c(Cl)cccc3Cl)c(OC)c2)cc1OC. The average Bonchev–Trinajstić information content (AvgIpc) is 2.81. The Kier molecular flexibility index (Phi) is 8.91. The fraction of sp³-hybridized carbons (Fsp3) is 0.280. The summed E-state index contributed by atoms with van der Waals surface area (Å²) in [6, 6.07) is 17.2. The van der Waals surface area contributed by atoms with Crippen molar-refractivity contribution in [1.82, 2.24) is 5.32 Å². The lowest BCUT2D eigenvalue weighted by Crippen LogP contribution is -2.16. The highest BCUT2D eigenvalue weighted by Gasteiger charge is 2.10. The first-order chi connectivity index (χ1) is 15.5. The predicted molar refractivity (Wildman–Crippen MR) is 129 cm³/mol. The van der Waals surface area contributed by atoms with E-state index in [0.717, 1.165) is 35.6 Å². The molecule has 0 heterocycles. The number of hydrogen-bond donors (Lipinski definition) is 1. The van der Waals surface area contributed by atoms with Crippen molar-refractivity contribution in [2.75, 3.05) is 27.9 Å². The van der Waals surface area contributed by atoms with Gasteiger partial charge in [-0.15, -0.1) is 0 Å². The molecule has 1 N–H and O–H groups in total. The van der Waals surface area contributed by atoms with Crippen LogP contribution in [0.5, 0.6) is 23.0 Å². The first-order valence-corrected chi connectivity index (χ1v) is 11.0. The van der Waals surface area contributed by atoms with Crippen molar-refractivity contribution in [3.05, 3.63) is 81.3 Å². The van der Waals surface area contributed by atoms with E-state index in [0.29, 0.717) is 28.1 Å². The van der Waals surface area contributed by atoms with Gasteiger partial charge in [-0.25, -0.2) is 0 Å². The molecule has 0 unspecified atom stereocenters. The van der Waals surface area contributed by atoms with E-state index in [1.807, 2.05) is 42.5 Å². The van der Waals surface area contributed by atoms with Crippen LogP contribution in [0.4, 0.5) is 0 Å². The summed E-state index contributed by atoms with van der Waals surface area (Å²) in [6.45, 7) is 1.79. The third kappa shape index (κ3) is 6.22. The van der Waals surface area contributed by atoms with Crippen LogP contribution in [-0.2, 0) is 19.6 Å². The smallest absolute Gasteiger partial charge is 0.161 e. The van der Waals surface area contributed by atoms with Gasteiger partial charge in [-0.1, -0.05) is 41.4 Å². The maximum Gasteiger partial charge on any atom is 0.161 e. The molecule has 0 radical (unpaired) electrons. The van der Waals surface area contributed by atoms with Gasteiger partial charge in [0, 0.05) is 22.2 Å². The van der Waals surface area contributed by atoms with Crippen LogP contribution < -0.4 is 24.3 Å². The maximum absolute atomic E-state index is 6.22. The summed E-state index contributed by atoms with van der Waals surface area (Å²) in [5, 5.41) is 4.61. The van der Waals surface area contributed by atoms with Crippen molar-refractivity contribution in [3.8, 4) is 23.0 Å². The minimum absolute atomic E-state index is 0.262. The van der Waals surface area contributed by atoms with E-state index < -0.39 is 0 Å². The summed E-state index contributed by atoms with van der Waals surface area (Å²) in [7, 11) is 4.90. The molecule has 7 heteroatoms. The van der Waals surface area contributed by atoms with Crippen LogP contribution in [0.25, 0.3) is 0 Å². The second kappa shape index (κ2) is 11.9. The van der Waals surface area contributed by atoms with Gasteiger partial charge in [0.2, 0.25) is 0 Å². The molecule has 0 bridgehead atoms. The van der Waals surface area contributed by atoms with Crippen molar-refractivity contribution in [2.24, 2.45) is 0 Å². The van der Waals surface area contributed by atoms with Gasteiger partial charge in [-0.2, -0.15) is 0 Å². The topological polar surface area (TPSA) is 49.0 Å². The van der Waals surface area contributed by atoms with Gasteiger partial charge in [0.05, 0.1) is 21.3 Å². The minimum Gasteiger partial charge on any atom is -0.493 e. The molecule has 3 rings (SSSR count). The van der Waals surface area contributed by atoms with Crippen molar-refractivity contribution in [3.63, 3.8) is 0 Å². The average molecular weight is 476 g/mol. The molecule has 0 spiro atoms. The number of rotatable bonds is 11. The van der Waals surface area contributed by atoms with Gasteiger partial charge < -0.3 is 24.3 Å². The molecule has 0 aliphatic heterocycles. The zero-order valence-electron chi connectivity index (χ0n) is 18.4. The molecule has 3 aromatic rings. The molecule has 0 saturated heterocycles. The first kappa shape index (κ1) is 24.1. The van der Waals surface area contributed by atoms with Crippen molar-refractivity contribution < 1.29 is 18.9 Å². The highest BCUT2D eigenvalue weighted by Crippen LogP contribution is 2.31. The van der Waals surface area contributed by atoms with Crippen LogP contribution in [0.1, 0.15) is 16.7 Å². The van der Waals surface area contributed by atoms with Gasteiger partial charge in [0.1, 0.15) is 6.61 Å². The van der Waals surface area contributed by atoms with Crippen LogP contribution >= 0.6 is 23.2 Å². The number of methoxy groups -OCH3 is 3. The zero-order valence-corrected chi connectivity index (χ0v) is 19.9. The van der Waals surface area contributed by atoms with Crippen LogP contribution in [0, 0.1) is 0 Å². The number of nitrogens with one attached hydrogen (secondary N) is 1. The van der Waals surface area contributed by atoms with Crippen LogP contribution in [0.15, 0.2) is 54.6 Å². The van der Waals surface area contributed by atoms with E-state index in [4.69, 9.17) is 42.1 Å². The summed E-state index contributed by atoms with van der Waals surface area (Å²) in [5.41, 5.74) is 3.02. The van der Waals surface area contributed by atoms with E-state index in [2.05, 4.69) is 5.32 Å². The molecule has 5 nitrogen and oxygen atoms in total. The lowest BCUT2D eigenvalue weighted by molar-refractivity contribution is 0.284. The van der Waals surface area contributed by atoms with Crippen LogP contribution in [-0.4, -0.2) is 27.9 Å². The molecule has 0 fully saturated rings. The number of benzene rings is 3. The molecule has 170 valence electrons. The van der Waals surface area contributed by atoms with E-state index >= 15 is 0 Å². The normalized spacial score (nSPS) is 10.7. The van der Waals surface area contributed by atoms with Gasteiger partial charge in [0.15, 0.2) is 23.0 Å². The lowest BCUT2D eigenvalue weighted by atomic mass is 10.1. The summed E-state index contributed by atoms with van der Waals surface area (Å²) in [5.74, 6) is 2.77. The lowest BCUT2D eigenvalue weighted by Gasteiger charge is -2.14. The first-order valence-electron chi connectivity index (χ1n) is 10.2. The molecule has 0 atom stereocenters. The largest absolute Gasteiger partial charge is 0.493 e. The standard InChI is InChI=1S/C25H27Cl2NO4/c1-29-22-9-7-17(13-24(22)30-2)11-12-28-15-18-8-10-23(25(14-18)31-3)32-16-19-20(26)5-4-6-21(19)27/h4-10,13-14,28H,11-12,15-16H2,1-3H3. The summed E-state index contributed by atoms with van der Waals surface area (Å²) < 4.78 is 22.1. The summed E-state index contributed by atoms with van der Waals surface area (Å²) in [4.78, 5) is 0. The monoisotopic (exact) mass is 475 g/mol. The summed E-state index contributed by atoms with van der Waals surface area (Å²) in [6.07, 6.45) is 0.872. The number of halogens is 2. The molecule has 0 aliphatic carbocycles. The van der Waals surface area contributed by atoms with E-state index in [9.17, 15) is 0 Å². The van der Waals surface area contributed by atoms with E-state index in [1.165, 1.54) is 5.56 Å². The maximum atomic E-state index is 6.22. The molecule has 0 amide bonds. The number of hydrogen-bond acceptors (Lipinski definition) is 5. The predicted octanol–water partition coefficient (Wildman–Crippen LogP) is 5.93. The Morgan fingerprint density at radius 3 is 2.00 bits per heavy atom. The van der Waals surface area contributed by atoms with Gasteiger partial charge in [-0.05, 0) is 60.5 Å². The Morgan fingerprint density at radius 2 is 1.31 bits per heavy atom. The Hall–Kier alpha value is -2.60. The molecule has 0 aliphatic rings. The van der Waals surface area contributed by atoms with Crippen molar-refractivity contribution in [2.45, 2.75) is 19.6 Å². The Morgan fingerprint density at radius 1 is 0.719 bits per heavy atom. The number of ether oxygens (including phenoxy) is 4. The highest BCUT2D eigenvalue weighted by molar-refractivity contribution is 6.35. The van der Waals surface area contributed by atoms with Crippen molar-refractivity contribution >= 4 is 23.2 Å². The molecule has 3 aromatic carbocycles. The van der Waals surface area contributed by atoms with E-state index in [1.54, 1.807) is 33.5 Å². The van der Waals surface area contributed by atoms with Crippen molar-refractivity contribution in [1.29, 1.82) is 0 Å². The highest BCUT2D eigenvalue weighted by atomic mass is 35.5. The third-order valence-corrected chi connectivity index (χ3v) is 5.74. The minimum atomic E-state index is 0.262. The van der Waals surface area contributed by atoms with Gasteiger partial charge in [0.25, 0.3) is 0 Å². The Labute approximate surface area is 199 Å².